The Morgan fingerprint density at radius 2 is 2.20 bits per heavy atom. The Bertz CT molecular complexity index is 116. The van der Waals surface area contributed by atoms with Crippen molar-refractivity contribution in [3.63, 3.8) is 0 Å². The molecule has 0 radical (unpaired) electrons. The monoisotopic (exact) mass is 208 g/mol. The van der Waals surface area contributed by atoms with E-state index in [1.165, 1.54) is 0 Å². The first-order chi connectivity index (χ1) is 4.66. The molecule has 1 saturated carbocycles. The van der Waals surface area contributed by atoms with Gasteiger partial charge in [-0.2, -0.15) is 0 Å². The molecule has 0 aliphatic heterocycles. The third kappa shape index (κ3) is 1.36. The summed E-state index contributed by atoms with van der Waals surface area (Å²) >= 11 is 3.35. The Hall–Kier alpha value is 0.410. The molecule has 0 aromatic rings. The lowest BCUT2D eigenvalue weighted by atomic mass is 9.95. The van der Waals surface area contributed by atoms with Gasteiger partial charge in [0.15, 0.2) is 0 Å². The maximum Gasteiger partial charge on any atom is 0.115 e. The third-order valence-corrected chi connectivity index (χ3v) is 3.52. The van der Waals surface area contributed by atoms with Gasteiger partial charge in [-0.15, -0.1) is 0 Å². The highest BCUT2D eigenvalue weighted by atomic mass is 79.9. The summed E-state index contributed by atoms with van der Waals surface area (Å²) in [5.74, 6) is 0.855. The van der Waals surface area contributed by atoms with E-state index in [1.54, 1.807) is 0 Å². The standard InChI is InChI=1S/C8H14BrF/c1-3-6-4-7(9)8(10)5(6)2/h5-8H,3-4H2,1-2H3/t5-,6+,7+,8+/m1/s1. The van der Waals surface area contributed by atoms with Gasteiger partial charge in [0, 0.05) is 4.83 Å². The van der Waals surface area contributed by atoms with Crippen molar-refractivity contribution in [1.29, 1.82) is 0 Å². The Labute approximate surface area is 70.3 Å². The maximum atomic E-state index is 13.1. The van der Waals surface area contributed by atoms with Gasteiger partial charge in [0.2, 0.25) is 0 Å². The smallest absolute Gasteiger partial charge is 0.115 e. The van der Waals surface area contributed by atoms with E-state index in [9.17, 15) is 4.39 Å². The fourth-order valence-corrected chi connectivity index (χ4v) is 2.72. The second-order valence-corrected chi connectivity index (χ2v) is 4.40. The maximum absolute atomic E-state index is 13.1. The molecular weight excluding hydrogens is 195 g/mol. The Kier molecular flexibility index (Phi) is 2.73. The number of halogens is 2. The summed E-state index contributed by atoms with van der Waals surface area (Å²) in [4.78, 5) is 0.118. The van der Waals surface area contributed by atoms with E-state index in [4.69, 9.17) is 0 Å². The Morgan fingerprint density at radius 3 is 2.40 bits per heavy atom. The van der Waals surface area contributed by atoms with Crippen molar-refractivity contribution in [2.75, 3.05) is 0 Å². The van der Waals surface area contributed by atoms with Crippen LogP contribution in [0.4, 0.5) is 4.39 Å². The van der Waals surface area contributed by atoms with E-state index in [0.717, 1.165) is 12.8 Å². The predicted octanol–water partition coefficient (Wildman–Crippen LogP) is 3.15. The summed E-state index contributed by atoms with van der Waals surface area (Å²) in [6, 6.07) is 0. The second kappa shape index (κ2) is 3.21. The summed E-state index contributed by atoms with van der Waals surface area (Å²) in [6.07, 6.45) is 1.51. The highest BCUT2D eigenvalue weighted by Gasteiger charge is 2.38. The minimum atomic E-state index is -0.620. The van der Waals surface area contributed by atoms with Gasteiger partial charge in [-0.25, -0.2) is 4.39 Å². The first-order valence-corrected chi connectivity index (χ1v) is 4.86. The molecule has 0 saturated heterocycles. The predicted molar refractivity (Wildman–Crippen MR) is 45.2 cm³/mol. The molecule has 60 valence electrons. The molecule has 2 heteroatoms. The van der Waals surface area contributed by atoms with Gasteiger partial charge in [-0.3, -0.25) is 0 Å². The van der Waals surface area contributed by atoms with E-state index < -0.39 is 6.17 Å². The average molecular weight is 209 g/mol. The lowest BCUT2D eigenvalue weighted by Gasteiger charge is -2.12. The number of rotatable bonds is 1. The van der Waals surface area contributed by atoms with Gasteiger partial charge >= 0.3 is 0 Å². The van der Waals surface area contributed by atoms with Gasteiger partial charge in [0.25, 0.3) is 0 Å². The van der Waals surface area contributed by atoms with Crippen LogP contribution in [0.1, 0.15) is 26.7 Å². The van der Waals surface area contributed by atoms with Crippen LogP contribution in [0.15, 0.2) is 0 Å². The zero-order chi connectivity index (χ0) is 7.72. The molecule has 0 unspecified atom stereocenters. The van der Waals surface area contributed by atoms with Crippen molar-refractivity contribution < 1.29 is 4.39 Å². The molecule has 0 aromatic carbocycles. The van der Waals surface area contributed by atoms with Gasteiger partial charge in [0.05, 0.1) is 0 Å². The number of alkyl halides is 2. The highest BCUT2D eigenvalue weighted by molar-refractivity contribution is 9.09. The molecule has 0 bridgehead atoms. The SMILES string of the molecule is CC[C@H]1C[C@H](Br)[C@@H](F)[C@@H]1C. The van der Waals surface area contributed by atoms with E-state index in [0.29, 0.717) is 5.92 Å². The molecule has 1 fully saturated rings. The zero-order valence-electron chi connectivity index (χ0n) is 6.48. The quantitative estimate of drug-likeness (QED) is 0.582. The van der Waals surface area contributed by atoms with Gasteiger partial charge < -0.3 is 0 Å². The first kappa shape index (κ1) is 8.51. The van der Waals surface area contributed by atoms with Crippen LogP contribution in [0.25, 0.3) is 0 Å². The Balaban J connectivity index is 2.53. The molecule has 0 aromatic heterocycles. The van der Waals surface area contributed by atoms with Crippen LogP contribution >= 0.6 is 15.9 Å². The van der Waals surface area contributed by atoms with E-state index in [-0.39, 0.29) is 10.7 Å². The summed E-state index contributed by atoms with van der Waals surface area (Å²) in [5.41, 5.74) is 0. The van der Waals surface area contributed by atoms with Crippen LogP contribution in [-0.4, -0.2) is 11.0 Å². The summed E-state index contributed by atoms with van der Waals surface area (Å²) in [7, 11) is 0. The molecular formula is C8H14BrF. The van der Waals surface area contributed by atoms with E-state index >= 15 is 0 Å². The van der Waals surface area contributed by atoms with Gasteiger partial charge in [-0.05, 0) is 18.3 Å². The van der Waals surface area contributed by atoms with Crippen LogP contribution in [0, 0.1) is 11.8 Å². The van der Waals surface area contributed by atoms with Crippen LogP contribution < -0.4 is 0 Å². The number of hydrogen-bond donors (Lipinski definition) is 0. The Morgan fingerprint density at radius 1 is 1.60 bits per heavy atom. The molecule has 1 rings (SSSR count). The van der Waals surface area contributed by atoms with Crippen LogP contribution in [-0.2, 0) is 0 Å². The normalized spacial score (nSPS) is 48.0. The molecule has 0 amide bonds. The molecule has 1 aliphatic carbocycles. The molecule has 0 N–H and O–H groups in total. The van der Waals surface area contributed by atoms with Gasteiger partial charge in [0.1, 0.15) is 6.17 Å². The van der Waals surface area contributed by atoms with Crippen molar-refractivity contribution >= 4 is 15.9 Å². The summed E-state index contributed by atoms with van der Waals surface area (Å²) in [5, 5.41) is 0. The van der Waals surface area contributed by atoms with Crippen molar-refractivity contribution in [2.45, 2.75) is 37.7 Å². The first-order valence-electron chi connectivity index (χ1n) is 3.95. The van der Waals surface area contributed by atoms with Crippen molar-refractivity contribution in [3.05, 3.63) is 0 Å². The summed E-state index contributed by atoms with van der Waals surface area (Å²) < 4.78 is 13.1. The van der Waals surface area contributed by atoms with Gasteiger partial charge in [-0.1, -0.05) is 36.2 Å². The fraction of sp³-hybridized carbons (Fsp3) is 1.00. The molecule has 1 aliphatic rings. The zero-order valence-corrected chi connectivity index (χ0v) is 8.07. The average Bonchev–Trinajstić information content (AvgIpc) is 2.17. The largest absolute Gasteiger partial charge is 0.246 e. The molecule has 10 heavy (non-hydrogen) atoms. The van der Waals surface area contributed by atoms with Crippen LogP contribution in [0.2, 0.25) is 0 Å². The third-order valence-electron chi connectivity index (χ3n) is 2.64. The lowest BCUT2D eigenvalue weighted by molar-refractivity contribution is 0.248. The second-order valence-electron chi connectivity index (χ2n) is 3.22. The minimum absolute atomic E-state index is 0.118. The topological polar surface area (TPSA) is 0 Å². The van der Waals surface area contributed by atoms with E-state index in [1.807, 2.05) is 6.92 Å². The molecule has 0 nitrogen and oxygen atoms in total. The fourth-order valence-electron chi connectivity index (χ4n) is 1.76. The van der Waals surface area contributed by atoms with Crippen LogP contribution in [0.3, 0.4) is 0 Å². The lowest BCUT2D eigenvalue weighted by Crippen LogP contribution is -2.14. The summed E-state index contributed by atoms with van der Waals surface area (Å²) in [6.45, 7) is 4.15. The molecule has 4 atom stereocenters. The van der Waals surface area contributed by atoms with Crippen LogP contribution in [0.5, 0.6) is 0 Å². The van der Waals surface area contributed by atoms with E-state index in [2.05, 4.69) is 22.9 Å². The highest BCUT2D eigenvalue weighted by Crippen LogP contribution is 2.39. The molecule has 0 heterocycles. The van der Waals surface area contributed by atoms with Crippen molar-refractivity contribution in [3.8, 4) is 0 Å². The molecule has 0 spiro atoms. The minimum Gasteiger partial charge on any atom is -0.246 e. The van der Waals surface area contributed by atoms with Crippen molar-refractivity contribution in [1.82, 2.24) is 0 Å². The van der Waals surface area contributed by atoms with Crippen molar-refractivity contribution in [2.24, 2.45) is 11.8 Å². The number of hydrogen-bond acceptors (Lipinski definition) is 0.